The quantitative estimate of drug-likeness (QED) is 0.177. The molecule has 1 aromatic carbocycles. The Bertz CT molecular complexity index is 924. The van der Waals surface area contributed by atoms with E-state index in [0.29, 0.717) is 11.1 Å². The number of carbonyl (C=O) groups excluding carboxylic acids is 1. The Labute approximate surface area is 160 Å². The lowest BCUT2D eigenvalue weighted by Gasteiger charge is -2.05. The number of carbonyl (C=O) groups is 1. The second-order valence-electron chi connectivity index (χ2n) is 5.45. The van der Waals surface area contributed by atoms with Crippen LogP contribution in [0.2, 0.25) is 0 Å². The summed E-state index contributed by atoms with van der Waals surface area (Å²) in [6.07, 6.45) is 4.33. The Hall–Kier alpha value is -4.00. The molecule has 28 heavy (non-hydrogen) atoms. The van der Waals surface area contributed by atoms with Crippen molar-refractivity contribution >= 4 is 23.0 Å². The van der Waals surface area contributed by atoms with Crippen LogP contribution in [-0.2, 0) is 9.53 Å². The summed E-state index contributed by atoms with van der Waals surface area (Å²) in [5.41, 5.74) is 0.436. The van der Waals surface area contributed by atoms with Gasteiger partial charge in [0.25, 0.3) is 11.4 Å². The molecule has 0 spiro atoms. The zero-order valence-electron chi connectivity index (χ0n) is 15.5. The highest BCUT2D eigenvalue weighted by atomic mass is 16.6. The van der Waals surface area contributed by atoms with Crippen LogP contribution >= 0.6 is 0 Å². The molecular weight excluding hydrogens is 368 g/mol. The molecule has 0 bridgehead atoms. The molecule has 0 radical (unpaired) electrons. The first-order valence-corrected chi connectivity index (χ1v) is 8.03. The first kappa shape index (κ1) is 22.0. The standard InChI is InChI=1S/C18H18N4O6/c1-4-28-18(23)14(10-19)6-5-12(2)13(3)11-20-16-8-7-15(21(24)25)9-17(16)22(26)27/h5-9,11,20H,4H2,1-3H3. The van der Waals surface area contributed by atoms with Crippen molar-refractivity contribution in [3.8, 4) is 6.07 Å². The average molecular weight is 386 g/mol. The molecule has 0 aliphatic carbocycles. The number of nitro benzene ring substituents is 2. The van der Waals surface area contributed by atoms with Gasteiger partial charge in [0, 0.05) is 12.3 Å². The number of ether oxygens (including phenoxy) is 1. The molecule has 1 aromatic rings. The maximum Gasteiger partial charge on any atom is 0.348 e. The molecule has 10 nitrogen and oxygen atoms in total. The molecule has 10 heteroatoms. The van der Waals surface area contributed by atoms with Gasteiger partial charge in [-0.25, -0.2) is 4.79 Å². The lowest BCUT2D eigenvalue weighted by Crippen LogP contribution is -2.05. The molecule has 0 aliphatic rings. The number of esters is 1. The van der Waals surface area contributed by atoms with Crippen molar-refractivity contribution in [1.29, 1.82) is 5.26 Å². The SMILES string of the molecule is CCOC(=O)C(C#N)=CC=C(C)C(C)=CNc1ccc([N+](=O)[O-])cc1[N+](=O)[O-]. The van der Waals surface area contributed by atoms with Crippen LogP contribution in [0.4, 0.5) is 17.1 Å². The van der Waals surface area contributed by atoms with E-state index in [9.17, 15) is 25.0 Å². The fourth-order valence-corrected chi connectivity index (χ4v) is 1.91. The minimum Gasteiger partial charge on any atom is -0.462 e. The third-order valence-corrected chi connectivity index (χ3v) is 3.57. The number of nitrogens with one attached hydrogen (secondary N) is 1. The van der Waals surface area contributed by atoms with Gasteiger partial charge in [-0.3, -0.25) is 20.2 Å². The average Bonchev–Trinajstić information content (AvgIpc) is 2.66. The van der Waals surface area contributed by atoms with E-state index in [1.54, 1.807) is 26.8 Å². The minimum atomic E-state index is -0.727. The van der Waals surface area contributed by atoms with E-state index in [4.69, 9.17) is 10.00 Å². The van der Waals surface area contributed by atoms with Crippen LogP contribution < -0.4 is 5.32 Å². The number of rotatable bonds is 8. The fraction of sp³-hybridized carbons (Fsp3) is 0.222. The van der Waals surface area contributed by atoms with Gasteiger partial charge < -0.3 is 10.1 Å². The molecule has 1 N–H and O–H groups in total. The maximum atomic E-state index is 11.6. The van der Waals surface area contributed by atoms with E-state index in [0.717, 1.165) is 12.1 Å². The zero-order valence-corrected chi connectivity index (χ0v) is 15.5. The van der Waals surface area contributed by atoms with Crippen molar-refractivity contribution in [1.82, 2.24) is 0 Å². The van der Waals surface area contributed by atoms with Gasteiger partial charge in [0.05, 0.1) is 22.5 Å². The number of nitro groups is 2. The van der Waals surface area contributed by atoms with Crippen LogP contribution in [0.5, 0.6) is 0 Å². The Morgan fingerprint density at radius 1 is 1.21 bits per heavy atom. The molecule has 146 valence electrons. The summed E-state index contributed by atoms with van der Waals surface area (Å²) in [5.74, 6) is -0.727. The predicted molar refractivity (Wildman–Crippen MR) is 101 cm³/mol. The second kappa shape index (κ2) is 10.2. The van der Waals surface area contributed by atoms with Crippen molar-refractivity contribution < 1.29 is 19.4 Å². The largest absolute Gasteiger partial charge is 0.462 e. The van der Waals surface area contributed by atoms with Crippen LogP contribution in [0.15, 0.2) is 53.3 Å². The lowest BCUT2D eigenvalue weighted by atomic mass is 10.1. The minimum absolute atomic E-state index is 0.0857. The molecule has 0 amide bonds. The lowest BCUT2D eigenvalue weighted by molar-refractivity contribution is -0.393. The molecule has 0 saturated carbocycles. The number of hydrogen-bond donors (Lipinski definition) is 1. The Balaban J connectivity index is 3.06. The summed E-state index contributed by atoms with van der Waals surface area (Å²) in [7, 11) is 0. The van der Waals surface area contributed by atoms with E-state index < -0.39 is 21.5 Å². The second-order valence-corrected chi connectivity index (χ2v) is 5.45. The molecule has 0 unspecified atom stereocenters. The first-order valence-electron chi connectivity index (χ1n) is 8.03. The molecule has 0 saturated heterocycles. The topological polar surface area (TPSA) is 148 Å². The van der Waals surface area contributed by atoms with Crippen molar-refractivity contribution in [3.05, 3.63) is 73.5 Å². The number of non-ortho nitro benzene ring substituents is 1. The molecule has 0 aromatic heterocycles. The number of nitrogens with zero attached hydrogens (tertiary/aromatic N) is 3. The van der Waals surface area contributed by atoms with Crippen LogP contribution in [0, 0.1) is 31.6 Å². The molecule has 0 aliphatic heterocycles. The van der Waals surface area contributed by atoms with Gasteiger partial charge in [0.1, 0.15) is 17.3 Å². The Kier molecular flexibility index (Phi) is 8.05. The third-order valence-electron chi connectivity index (χ3n) is 3.57. The number of anilines is 1. The van der Waals surface area contributed by atoms with Gasteiger partial charge in [-0.2, -0.15) is 5.26 Å². The molecule has 0 atom stereocenters. The summed E-state index contributed by atoms with van der Waals surface area (Å²) < 4.78 is 4.76. The van der Waals surface area contributed by atoms with Gasteiger partial charge in [-0.05, 0) is 44.1 Å². The summed E-state index contributed by atoms with van der Waals surface area (Å²) in [6.45, 7) is 5.20. The summed E-state index contributed by atoms with van der Waals surface area (Å²) in [4.78, 5) is 32.0. The van der Waals surface area contributed by atoms with Gasteiger partial charge in [0.2, 0.25) is 0 Å². The van der Waals surface area contributed by atoms with E-state index in [-0.39, 0.29) is 23.6 Å². The van der Waals surface area contributed by atoms with Gasteiger partial charge in [-0.1, -0.05) is 6.08 Å². The summed E-state index contributed by atoms with van der Waals surface area (Å²) >= 11 is 0. The van der Waals surface area contributed by atoms with E-state index in [1.165, 1.54) is 24.4 Å². The molecule has 0 fully saturated rings. The fourth-order valence-electron chi connectivity index (χ4n) is 1.91. The third kappa shape index (κ3) is 6.06. The van der Waals surface area contributed by atoms with E-state index >= 15 is 0 Å². The monoisotopic (exact) mass is 386 g/mol. The van der Waals surface area contributed by atoms with Crippen LogP contribution in [0.3, 0.4) is 0 Å². The van der Waals surface area contributed by atoms with Crippen molar-refractivity contribution in [2.24, 2.45) is 0 Å². The van der Waals surface area contributed by atoms with Crippen LogP contribution in [-0.4, -0.2) is 22.4 Å². The van der Waals surface area contributed by atoms with Gasteiger partial charge in [0.15, 0.2) is 0 Å². The van der Waals surface area contributed by atoms with Gasteiger partial charge in [-0.15, -0.1) is 0 Å². The molecular formula is C18H18N4O6. The zero-order chi connectivity index (χ0) is 21.3. The van der Waals surface area contributed by atoms with Crippen LogP contribution in [0.25, 0.3) is 0 Å². The number of nitriles is 1. The highest BCUT2D eigenvalue weighted by molar-refractivity contribution is 5.93. The number of allylic oxidation sites excluding steroid dienone is 4. The van der Waals surface area contributed by atoms with E-state index in [1.807, 2.05) is 0 Å². The summed E-state index contributed by atoms with van der Waals surface area (Å²) in [6, 6.07) is 5.02. The molecule has 0 heterocycles. The number of hydrogen-bond acceptors (Lipinski definition) is 8. The normalized spacial score (nSPS) is 12.1. The van der Waals surface area contributed by atoms with Crippen LogP contribution in [0.1, 0.15) is 20.8 Å². The Morgan fingerprint density at radius 3 is 2.43 bits per heavy atom. The Morgan fingerprint density at radius 2 is 1.89 bits per heavy atom. The van der Waals surface area contributed by atoms with Gasteiger partial charge >= 0.3 is 5.97 Å². The highest BCUT2D eigenvalue weighted by Crippen LogP contribution is 2.29. The van der Waals surface area contributed by atoms with Crippen molar-refractivity contribution in [3.63, 3.8) is 0 Å². The highest BCUT2D eigenvalue weighted by Gasteiger charge is 2.18. The maximum absolute atomic E-state index is 11.6. The smallest absolute Gasteiger partial charge is 0.348 e. The first-order chi connectivity index (χ1) is 13.2. The number of benzene rings is 1. The summed E-state index contributed by atoms with van der Waals surface area (Å²) in [5, 5.41) is 33.6. The predicted octanol–water partition coefficient (Wildman–Crippen LogP) is 3.78. The molecule has 1 rings (SSSR count). The van der Waals surface area contributed by atoms with E-state index in [2.05, 4.69) is 5.32 Å². The van der Waals surface area contributed by atoms with Crippen molar-refractivity contribution in [2.45, 2.75) is 20.8 Å². The van der Waals surface area contributed by atoms with Crippen molar-refractivity contribution in [2.75, 3.05) is 11.9 Å².